The molecule has 1 aromatic rings. The standard InChI is InChI=1S/C18H27N3O2/c1-14(2)12-20-16(10-6-7-11-19)17(22)21(18(20)23)13-15-8-4-3-5-9-15/h3-5,8-9,14,16H,6-7,10-13,19H2,1-2H3/t16-/m0/s1. The van der Waals surface area contributed by atoms with Gasteiger partial charge in [0, 0.05) is 6.54 Å². The fraction of sp³-hybridized carbons (Fsp3) is 0.556. The minimum atomic E-state index is -0.333. The van der Waals surface area contributed by atoms with E-state index in [1.807, 2.05) is 30.3 Å². The number of rotatable bonds is 8. The molecule has 1 saturated heterocycles. The predicted octanol–water partition coefficient (Wildman–Crippen LogP) is 2.60. The fourth-order valence-electron chi connectivity index (χ4n) is 2.97. The van der Waals surface area contributed by atoms with Gasteiger partial charge in [0.2, 0.25) is 0 Å². The Morgan fingerprint density at radius 3 is 2.43 bits per heavy atom. The van der Waals surface area contributed by atoms with E-state index in [0.29, 0.717) is 32.0 Å². The van der Waals surface area contributed by atoms with Crippen molar-refractivity contribution in [2.45, 2.75) is 45.7 Å². The number of benzene rings is 1. The smallest absolute Gasteiger partial charge is 0.327 e. The molecule has 5 nitrogen and oxygen atoms in total. The highest BCUT2D eigenvalue weighted by Crippen LogP contribution is 2.25. The van der Waals surface area contributed by atoms with Crippen LogP contribution in [0.1, 0.15) is 38.7 Å². The molecule has 3 amide bonds. The van der Waals surface area contributed by atoms with Crippen molar-refractivity contribution in [1.29, 1.82) is 0 Å². The molecule has 0 aliphatic carbocycles. The molecule has 0 unspecified atom stereocenters. The monoisotopic (exact) mass is 317 g/mol. The third-order valence-electron chi connectivity index (χ3n) is 4.08. The van der Waals surface area contributed by atoms with E-state index in [0.717, 1.165) is 18.4 Å². The van der Waals surface area contributed by atoms with Crippen LogP contribution in [0.2, 0.25) is 0 Å². The topological polar surface area (TPSA) is 66.6 Å². The van der Waals surface area contributed by atoms with Gasteiger partial charge in [0.05, 0.1) is 6.54 Å². The maximum absolute atomic E-state index is 12.7. The zero-order valence-corrected chi connectivity index (χ0v) is 14.1. The molecule has 0 bridgehead atoms. The molecule has 0 aromatic heterocycles. The van der Waals surface area contributed by atoms with Gasteiger partial charge in [-0.15, -0.1) is 0 Å². The minimum absolute atomic E-state index is 0.0727. The number of amides is 3. The largest absolute Gasteiger partial charge is 0.330 e. The minimum Gasteiger partial charge on any atom is -0.330 e. The van der Waals surface area contributed by atoms with Crippen LogP contribution in [0.5, 0.6) is 0 Å². The van der Waals surface area contributed by atoms with Crippen molar-refractivity contribution in [2.75, 3.05) is 13.1 Å². The Kier molecular flexibility index (Phi) is 6.16. The summed E-state index contributed by atoms with van der Waals surface area (Å²) in [5.41, 5.74) is 6.52. The maximum Gasteiger partial charge on any atom is 0.327 e. The molecule has 23 heavy (non-hydrogen) atoms. The number of hydrogen-bond donors (Lipinski definition) is 1. The Labute approximate surface area is 138 Å². The van der Waals surface area contributed by atoms with Crippen LogP contribution in [-0.4, -0.2) is 40.9 Å². The van der Waals surface area contributed by atoms with Crippen molar-refractivity contribution in [1.82, 2.24) is 9.80 Å². The van der Waals surface area contributed by atoms with Crippen molar-refractivity contribution in [3.05, 3.63) is 35.9 Å². The second-order valence-corrected chi connectivity index (χ2v) is 6.54. The number of carbonyl (C=O) groups excluding carboxylic acids is 2. The third-order valence-corrected chi connectivity index (χ3v) is 4.08. The Balaban J connectivity index is 2.13. The second-order valence-electron chi connectivity index (χ2n) is 6.54. The van der Waals surface area contributed by atoms with Gasteiger partial charge in [-0.25, -0.2) is 4.79 Å². The number of unbranched alkanes of at least 4 members (excludes halogenated alkanes) is 1. The van der Waals surface area contributed by atoms with Crippen molar-refractivity contribution < 1.29 is 9.59 Å². The number of urea groups is 1. The quantitative estimate of drug-likeness (QED) is 0.592. The molecule has 2 rings (SSSR count). The van der Waals surface area contributed by atoms with Crippen molar-refractivity contribution in [3.63, 3.8) is 0 Å². The molecule has 1 aliphatic rings. The van der Waals surface area contributed by atoms with Gasteiger partial charge in [0.1, 0.15) is 6.04 Å². The summed E-state index contributed by atoms with van der Waals surface area (Å²) in [6, 6.07) is 9.16. The number of nitrogens with two attached hydrogens (primary N) is 1. The summed E-state index contributed by atoms with van der Waals surface area (Å²) in [6.45, 7) is 5.71. The first-order valence-corrected chi connectivity index (χ1v) is 8.40. The summed E-state index contributed by atoms with van der Waals surface area (Å²) in [6.07, 6.45) is 2.44. The van der Waals surface area contributed by atoms with Gasteiger partial charge in [-0.2, -0.15) is 0 Å². The average Bonchev–Trinajstić information content (AvgIpc) is 2.74. The lowest BCUT2D eigenvalue weighted by Crippen LogP contribution is -2.38. The number of imide groups is 1. The van der Waals surface area contributed by atoms with Crippen molar-refractivity contribution in [3.8, 4) is 0 Å². The number of carbonyl (C=O) groups is 2. The van der Waals surface area contributed by atoms with E-state index in [1.54, 1.807) is 4.90 Å². The molecule has 1 atom stereocenters. The van der Waals surface area contributed by atoms with Crippen LogP contribution in [0.4, 0.5) is 4.79 Å². The van der Waals surface area contributed by atoms with E-state index < -0.39 is 0 Å². The molecule has 2 N–H and O–H groups in total. The van der Waals surface area contributed by atoms with Crippen LogP contribution in [0.3, 0.4) is 0 Å². The fourth-order valence-corrected chi connectivity index (χ4v) is 2.97. The highest BCUT2D eigenvalue weighted by molar-refractivity contribution is 6.04. The third kappa shape index (κ3) is 4.32. The lowest BCUT2D eigenvalue weighted by Gasteiger charge is -2.23. The first kappa shape index (κ1) is 17.5. The molecular weight excluding hydrogens is 290 g/mol. The maximum atomic E-state index is 12.7. The van der Waals surface area contributed by atoms with E-state index >= 15 is 0 Å². The van der Waals surface area contributed by atoms with E-state index in [2.05, 4.69) is 13.8 Å². The molecule has 5 heteroatoms. The van der Waals surface area contributed by atoms with E-state index in [1.165, 1.54) is 4.90 Å². The molecular formula is C18H27N3O2. The lowest BCUT2D eigenvalue weighted by molar-refractivity contribution is -0.128. The molecule has 1 aromatic carbocycles. The van der Waals surface area contributed by atoms with Crippen LogP contribution in [0.15, 0.2) is 30.3 Å². The van der Waals surface area contributed by atoms with Gasteiger partial charge in [0.25, 0.3) is 5.91 Å². The van der Waals surface area contributed by atoms with Crippen LogP contribution >= 0.6 is 0 Å². The summed E-state index contributed by atoms with van der Waals surface area (Å²) in [5, 5.41) is 0. The van der Waals surface area contributed by atoms with Gasteiger partial charge in [-0.3, -0.25) is 9.69 Å². The van der Waals surface area contributed by atoms with Gasteiger partial charge in [-0.1, -0.05) is 44.2 Å². The Bertz CT molecular complexity index is 530. The normalized spacial score (nSPS) is 18.3. The first-order valence-electron chi connectivity index (χ1n) is 8.40. The first-order chi connectivity index (χ1) is 11.0. The van der Waals surface area contributed by atoms with Crippen molar-refractivity contribution in [2.24, 2.45) is 11.7 Å². The van der Waals surface area contributed by atoms with Gasteiger partial charge in [0.15, 0.2) is 0 Å². The molecule has 1 fully saturated rings. The number of hydrogen-bond acceptors (Lipinski definition) is 3. The van der Waals surface area contributed by atoms with E-state index in [9.17, 15) is 9.59 Å². The molecule has 1 heterocycles. The van der Waals surface area contributed by atoms with Crippen molar-refractivity contribution >= 4 is 11.9 Å². The molecule has 0 spiro atoms. The van der Waals surface area contributed by atoms with Crippen LogP contribution in [-0.2, 0) is 11.3 Å². The summed E-state index contributed by atoms with van der Waals surface area (Å²) >= 11 is 0. The van der Waals surface area contributed by atoms with Gasteiger partial charge >= 0.3 is 6.03 Å². The summed E-state index contributed by atoms with van der Waals surface area (Å²) in [5.74, 6) is 0.261. The Morgan fingerprint density at radius 2 is 1.83 bits per heavy atom. The van der Waals surface area contributed by atoms with Gasteiger partial charge < -0.3 is 10.6 Å². The molecule has 0 radical (unpaired) electrons. The average molecular weight is 317 g/mol. The SMILES string of the molecule is CC(C)CN1C(=O)N(Cc2ccccc2)C(=O)[C@@H]1CCCCN. The highest BCUT2D eigenvalue weighted by Gasteiger charge is 2.44. The summed E-state index contributed by atoms with van der Waals surface area (Å²) in [7, 11) is 0. The molecule has 1 aliphatic heterocycles. The van der Waals surface area contributed by atoms with Crippen LogP contribution in [0, 0.1) is 5.92 Å². The zero-order valence-electron chi connectivity index (χ0n) is 14.1. The second kappa shape index (κ2) is 8.11. The lowest BCUT2D eigenvalue weighted by atomic mass is 10.1. The Hall–Kier alpha value is -1.88. The predicted molar refractivity (Wildman–Crippen MR) is 90.6 cm³/mol. The Morgan fingerprint density at radius 1 is 1.13 bits per heavy atom. The number of nitrogens with zero attached hydrogens (tertiary/aromatic N) is 2. The van der Waals surface area contributed by atoms with Gasteiger partial charge in [-0.05, 0) is 37.3 Å². The highest BCUT2D eigenvalue weighted by atomic mass is 16.2. The summed E-state index contributed by atoms with van der Waals surface area (Å²) in [4.78, 5) is 28.6. The van der Waals surface area contributed by atoms with Crippen LogP contribution < -0.4 is 5.73 Å². The molecule has 126 valence electrons. The van der Waals surface area contributed by atoms with Crippen LogP contribution in [0.25, 0.3) is 0 Å². The van der Waals surface area contributed by atoms with E-state index in [4.69, 9.17) is 5.73 Å². The summed E-state index contributed by atoms with van der Waals surface area (Å²) < 4.78 is 0. The van der Waals surface area contributed by atoms with E-state index in [-0.39, 0.29) is 18.0 Å². The molecule has 0 saturated carbocycles. The zero-order chi connectivity index (χ0) is 16.8.